The largest absolute Gasteiger partial charge is 0.694 e. The maximum absolute atomic E-state index is 14.1. The number of nitrogens with zero attached hydrogens (tertiary/aromatic N) is 2. The predicted molar refractivity (Wildman–Crippen MR) is 138 cm³/mol. The van der Waals surface area contributed by atoms with Gasteiger partial charge in [0.2, 0.25) is 9.84 Å². The Bertz CT molecular complexity index is 1400. The van der Waals surface area contributed by atoms with Crippen molar-refractivity contribution in [3.05, 3.63) is 94.1 Å². The quantitative estimate of drug-likeness (QED) is 0.223. The molecule has 1 aliphatic heterocycles. The van der Waals surface area contributed by atoms with Gasteiger partial charge in [-0.1, -0.05) is 73.5 Å². The van der Waals surface area contributed by atoms with E-state index in [-0.39, 0.29) is 22.0 Å². The molecule has 2 aromatic carbocycles. The number of nitriles is 2. The summed E-state index contributed by atoms with van der Waals surface area (Å²) in [5.41, 5.74) is 2.09. The molecule has 184 valence electrons. The molecule has 0 bridgehead atoms. The smallest absolute Gasteiger partial charge is 0.218 e. The predicted octanol–water partition coefficient (Wildman–Crippen LogP) is 6.22. The highest BCUT2D eigenvalue weighted by molar-refractivity contribution is 8.09. The summed E-state index contributed by atoms with van der Waals surface area (Å²) in [5.74, 6) is 0. The Morgan fingerprint density at radius 2 is 1.42 bits per heavy atom. The van der Waals surface area contributed by atoms with Crippen LogP contribution in [0.25, 0.3) is 9.81 Å². The molecule has 0 aliphatic carbocycles. The molecule has 2 aromatic rings. The van der Waals surface area contributed by atoms with E-state index in [2.05, 4.69) is 4.52 Å². The van der Waals surface area contributed by atoms with Crippen LogP contribution in [0, 0.1) is 22.7 Å². The third kappa shape index (κ3) is 6.05. The van der Waals surface area contributed by atoms with Gasteiger partial charge >= 0.3 is 8.25 Å². The Morgan fingerprint density at radius 1 is 0.889 bits per heavy atom. The van der Waals surface area contributed by atoms with Crippen LogP contribution in [0.2, 0.25) is 0 Å². The molecule has 1 unspecified atom stereocenters. The molecule has 0 radical (unpaired) electrons. The van der Waals surface area contributed by atoms with Crippen LogP contribution in [0.3, 0.4) is 0 Å². The first-order valence-corrected chi connectivity index (χ1v) is 14.1. The number of allylic oxidation sites excluding steroid dienone is 4. The lowest BCUT2D eigenvalue weighted by Gasteiger charge is -2.28. The van der Waals surface area contributed by atoms with Gasteiger partial charge in [0.1, 0.15) is 24.3 Å². The summed E-state index contributed by atoms with van der Waals surface area (Å²) in [7, 11) is -6.61. The lowest BCUT2D eigenvalue weighted by molar-refractivity contribution is 0.273. The highest BCUT2D eigenvalue weighted by Gasteiger charge is 2.38. The summed E-state index contributed by atoms with van der Waals surface area (Å²) >= 11 is 0. The summed E-state index contributed by atoms with van der Waals surface area (Å²) < 4.78 is 43.6. The van der Waals surface area contributed by atoms with Gasteiger partial charge in [0.25, 0.3) is 0 Å². The number of benzene rings is 2. The van der Waals surface area contributed by atoms with E-state index < -0.39 is 18.1 Å². The molecule has 9 heteroatoms. The second-order valence-electron chi connectivity index (χ2n) is 8.21. The lowest BCUT2D eigenvalue weighted by atomic mass is 9.87. The molecule has 1 N–H and O–H groups in total. The van der Waals surface area contributed by atoms with Crippen LogP contribution in [0.4, 0.5) is 0 Å². The zero-order valence-electron chi connectivity index (χ0n) is 19.8. The van der Waals surface area contributed by atoms with E-state index in [9.17, 15) is 23.5 Å². The van der Waals surface area contributed by atoms with Gasteiger partial charge in [0, 0.05) is 10.1 Å². The first-order valence-electron chi connectivity index (χ1n) is 11.5. The monoisotopic (exact) mass is 521 g/mol. The van der Waals surface area contributed by atoms with Crippen LogP contribution < -0.4 is 0 Å². The van der Waals surface area contributed by atoms with E-state index in [1.807, 2.05) is 12.1 Å². The van der Waals surface area contributed by atoms with Crippen LogP contribution in [0.5, 0.6) is 0 Å². The number of sulfone groups is 1. The van der Waals surface area contributed by atoms with E-state index in [0.717, 1.165) is 6.42 Å². The topological polar surface area (TPSA) is 128 Å². The van der Waals surface area contributed by atoms with Crippen molar-refractivity contribution in [1.29, 1.82) is 10.5 Å². The molecule has 1 aliphatic rings. The number of hydrogen-bond donors (Lipinski definition) is 1. The van der Waals surface area contributed by atoms with E-state index in [1.54, 1.807) is 67.6 Å². The lowest BCUT2D eigenvalue weighted by Crippen LogP contribution is -2.18. The molecule has 36 heavy (non-hydrogen) atoms. The highest BCUT2D eigenvalue weighted by atomic mass is 32.2. The van der Waals surface area contributed by atoms with Gasteiger partial charge in [-0.05, 0) is 48.5 Å². The molecule has 0 spiro atoms. The number of rotatable bonds is 10. The van der Waals surface area contributed by atoms with Gasteiger partial charge in [-0.25, -0.2) is 8.42 Å². The van der Waals surface area contributed by atoms with E-state index >= 15 is 0 Å². The normalized spacial score (nSPS) is 15.3. The molecule has 1 atom stereocenters. The van der Waals surface area contributed by atoms with Crippen molar-refractivity contribution in [3.63, 3.8) is 0 Å². The van der Waals surface area contributed by atoms with Gasteiger partial charge in [0.15, 0.2) is 0 Å². The summed E-state index contributed by atoms with van der Waals surface area (Å²) in [6.45, 7) is 1.82. The van der Waals surface area contributed by atoms with Crippen molar-refractivity contribution >= 4 is 27.9 Å². The van der Waals surface area contributed by atoms with Crippen molar-refractivity contribution in [1.82, 2.24) is 0 Å². The first kappa shape index (κ1) is 27.2. The summed E-state index contributed by atoms with van der Waals surface area (Å²) in [6.07, 6.45) is 2.98. The zero-order valence-corrected chi connectivity index (χ0v) is 21.6. The second-order valence-corrected chi connectivity index (χ2v) is 10.8. The van der Waals surface area contributed by atoms with E-state index in [0.29, 0.717) is 53.5 Å². The Hall–Kier alpha value is -3.39. The Kier molecular flexibility index (Phi) is 9.47. The van der Waals surface area contributed by atoms with Crippen molar-refractivity contribution in [2.24, 2.45) is 0 Å². The number of unbranched alkanes of at least 4 members (excludes halogenated alkanes) is 3. The minimum atomic E-state index is -3.99. The molecule has 7 nitrogen and oxygen atoms in total. The summed E-state index contributed by atoms with van der Waals surface area (Å²) in [6, 6.07) is 21.4. The van der Waals surface area contributed by atoms with Crippen molar-refractivity contribution in [2.45, 2.75) is 39.0 Å². The Morgan fingerprint density at radius 3 is 1.94 bits per heavy atom. The van der Waals surface area contributed by atoms with Crippen molar-refractivity contribution in [3.8, 4) is 12.1 Å². The van der Waals surface area contributed by atoms with Crippen molar-refractivity contribution < 1.29 is 22.4 Å². The van der Waals surface area contributed by atoms with Crippen LogP contribution in [0.1, 0.15) is 50.2 Å². The standard InChI is InChI=1S/C27H25N2O5PS/c1-20-25(23(18-28)19-29)24(16-10-2-3-11-17-34-35(30)31)27(22-14-8-5-9-15-22)36(32,33)26(20)21-12-6-4-7-13-21/h4-9,12-15H,2-3,10-11,16-17H2,1H3/p+1. The van der Waals surface area contributed by atoms with Gasteiger partial charge in [-0.2, -0.15) is 10.5 Å². The molecule has 0 saturated carbocycles. The van der Waals surface area contributed by atoms with E-state index in [1.165, 1.54) is 0 Å². The molecule has 1 heterocycles. The molecule has 0 amide bonds. The molecular formula is C27H26N2O5PS+. The summed E-state index contributed by atoms with van der Waals surface area (Å²) in [5, 5.41) is 19.6. The SMILES string of the molecule is CC1=C(c2ccccc2)S(=O)(=O)C(c2ccccc2)=C(CCCCCCO[P+](=O)O)C1=C(C#N)C#N. The molecule has 0 fully saturated rings. The maximum atomic E-state index is 14.1. The first-order chi connectivity index (χ1) is 17.3. The third-order valence-corrected chi connectivity index (χ3v) is 8.40. The maximum Gasteiger partial charge on any atom is 0.694 e. The Labute approximate surface area is 212 Å². The van der Waals surface area contributed by atoms with Gasteiger partial charge in [0.05, 0.1) is 9.81 Å². The molecular weight excluding hydrogens is 495 g/mol. The van der Waals surface area contributed by atoms with Crippen LogP contribution in [0.15, 0.2) is 83.0 Å². The van der Waals surface area contributed by atoms with Crippen LogP contribution in [-0.4, -0.2) is 19.9 Å². The Balaban J connectivity index is 2.14. The minimum absolute atomic E-state index is 0.0963. The minimum Gasteiger partial charge on any atom is -0.218 e. The van der Waals surface area contributed by atoms with Crippen LogP contribution in [-0.2, 0) is 18.9 Å². The fraction of sp³-hybridized carbons (Fsp3) is 0.259. The highest BCUT2D eigenvalue weighted by Crippen LogP contribution is 2.48. The number of hydrogen-bond acceptors (Lipinski definition) is 6. The zero-order chi connectivity index (χ0) is 26.1. The average molecular weight is 522 g/mol. The fourth-order valence-corrected chi connectivity index (χ4v) is 6.83. The van der Waals surface area contributed by atoms with E-state index in [4.69, 9.17) is 4.89 Å². The molecule has 3 rings (SSSR count). The van der Waals surface area contributed by atoms with Crippen LogP contribution >= 0.6 is 8.25 Å². The average Bonchev–Trinajstić information content (AvgIpc) is 2.86. The van der Waals surface area contributed by atoms with Crippen molar-refractivity contribution in [2.75, 3.05) is 6.61 Å². The molecule has 0 saturated heterocycles. The third-order valence-electron chi connectivity index (χ3n) is 5.90. The van der Waals surface area contributed by atoms with Gasteiger partial charge in [-0.15, -0.1) is 9.42 Å². The molecule has 0 aromatic heterocycles. The second kappa shape index (κ2) is 12.5. The van der Waals surface area contributed by atoms with Gasteiger partial charge in [-0.3, -0.25) is 0 Å². The summed E-state index contributed by atoms with van der Waals surface area (Å²) in [4.78, 5) is 8.94. The fourth-order valence-electron chi connectivity index (χ4n) is 4.41. The van der Waals surface area contributed by atoms with Gasteiger partial charge < -0.3 is 0 Å².